The average Bonchev–Trinajstić information content (AvgIpc) is 3.06. The fourth-order valence-electron chi connectivity index (χ4n) is 3.48. The molecule has 1 aliphatic heterocycles. The highest BCUT2D eigenvalue weighted by Crippen LogP contribution is 2.23. The van der Waals surface area contributed by atoms with E-state index in [9.17, 15) is 28.8 Å². The molecule has 11 nitrogen and oxygen atoms in total. The smallest absolute Gasteiger partial charge is 0.309 e. The van der Waals surface area contributed by atoms with Gasteiger partial charge in [0.2, 0.25) is 6.29 Å². The molecule has 190 valence electrons. The monoisotopic (exact) mass is 490 g/mol. The molecule has 1 atom stereocenters. The van der Waals surface area contributed by atoms with Gasteiger partial charge in [-0.25, -0.2) is 0 Å². The van der Waals surface area contributed by atoms with Crippen LogP contribution >= 0.6 is 0 Å². The third-order valence-corrected chi connectivity index (χ3v) is 5.27. The van der Waals surface area contributed by atoms with Gasteiger partial charge in [-0.15, -0.1) is 0 Å². The molecule has 0 spiro atoms. The van der Waals surface area contributed by atoms with Gasteiger partial charge in [0.25, 0.3) is 17.7 Å². The van der Waals surface area contributed by atoms with Crippen molar-refractivity contribution < 1.29 is 43.0 Å². The predicted molar refractivity (Wildman–Crippen MR) is 121 cm³/mol. The summed E-state index contributed by atoms with van der Waals surface area (Å²) in [5.41, 5.74) is 0.650. The van der Waals surface area contributed by atoms with Crippen molar-refractivity contribution in [1.82, 2.24) is 9.80 Å². The van der Waals surface area contributed by atoms with Crippen molar-refractivity contribution in [2.45, 2.75) is 52.7 Å². The van der Waals surface area contributed by atoms with Crippen LogP contribution in [0.2, 0.25) is 0 Å². The Morgan fingerprint density at radius 2 is 1.49 bits per heavy atom. The number of nitrogens with zero attached hydrogens (tertiary/aromatic N) is 2. The summed E-state index contributed by atoms with van der Waals surface area (Å²) in [6.07, 6.45) is -1.63. The zero-order valence-corrected chi connectivity index (χ0v) is 20.1. The third-order valence-electron chi connectivity index (χ3n) is 5.27. The summed E-state index contributed by atoms with van der Waals surface area (Å²) in [5, 5.41) is 0. The molecule has 1 aromatic carbocycles. The lowest BCUT2D eigenvalue weighted by molar-refractivity contribution is -0.188. The van der Waals surface area contributed by atoms with Crippen LogP contribution in [0.4, 0.5) is 0 Å². The Hall–Kier alpha value is -3.76. The van der Waals surface area contributed by atoms with Gasteiger partial charge in [0.05, 0.1) is 24.0 Å². The molecule has 0 aliphatic carbocycles. The summed E-state index contributed by atoms with van der Waals surface area (Å²) in [6, 6.07) is 6.48. The van der Waals surface area contributed by atoms with Gasteiger partial charge in [0.1, 0.15) is 0 Å². The minimum absolute atomic E-state index is 0.0432. The molecular formula is C24H30N2O9. The number of benzene rings is 1. The van der Waals surface area contributed by atoms with Crippen molar-refractivity contribution in [2.24, 2.45) is 0 Å². The molecule has 0 fully saturated rings. The Kier molecular flexibility index (Phi) is 10.4. The van der Waals surface area contributed by atoms with E-state index < -0.39 is 42.6 Å². The van der Waals surface area contributed by atoms with Gasteiger partial charge in [-0.1, -0.05) is 12.1 Å². The first-order chi connectivity index (χ1) is 16.7. The van der Waals surface area contributed by atoms with Crippen molar-refractivity contribution in [3.05, 3.63) is 35.4 Å². The van der Waals surface area contributed by atoms with E-state index in [0.717, 1.165) is 11.8 Å². The van der Waals surface area contributed by atoms with Crippen molar-refractivity contribution in [3.8, 4) is 0 Å². The third kappa shape index (κ3) is 7.90. The molecule has 3 amide bonds. The molecule has 1 aliphatic rings. The number of hydrogen-bond donors (Lipinski definition) is 0. The van der Waals surface area contributed by atoms with Crippen molar-refractivity contribution >= 4 is 35.6 Å². The van der Waals surface area contributed by atoms with Crippen molar-refractivity contribution in [3.63, 3.8) is 0 Å². The zero-order chi connectivity index (χ0) is 26.0. The lowest BCUT2D eigenvalue weighted by Crippen LogP contribution is -2.34. The highest BCUT2D eigenvalue weighted by molar-refractivity contribution is 6.21. The molecule has 2 rings (SSSR count). The maximum atomic E-state index is 12.4. The molecule has 0 saturated carbocycles. The van der Waals surface area contributed by atoms with Crippen LogP contribution in [0.5, 0.6) is 0 Å². The Labute approximate surface area is 203 Å². The molecule has 1 aromatic rings. The van der Waals surface area contributed by atoms with Crippen LogP contribution in [-0.2, 0) is 33.4 Å². The first-order valence-electron chi connectivity index (χ1n) is 11.4. The number of hydrogen-bond acceptors (Lipinski definition) is 9. The molecule has 0 saturated heterocycles. The van der Waals surface area contributed by atoms with Gasteiger partial charge in [0.15, 0.2) is 6.61 Å². The van der Waals surface area contributed by atoms with E-state index in [4.69, 9.17) is 14.2 Å². The quantitative estimate of drug-likeness (QED) is 0.230. The van der Waals surface area contributed by atoms with E-state index in [0.29, 0.717) is 24.2 Å². The van der Waals surface area contributed by atoms with Gasteiger partial charge >= 0.3 is 17.9 Å². The topological polar surface area (TPSA) is 137 Å². The molecular weight excluding hydrogens is 460 g/mol. The second-order valence-corrected chi connectivity index (χ2v) is 7.71. The van der Waals surface area contributed by atoms with Gasteiger partial charge in [-0.05, 0) is 32.4 Å². The number of rotatable bonds is 13. The molecule has 1 unspecified atom stereocenters. The summed E-state index contributed by atoms with van der Waals surface area (Å²) in [7, 11) is 0. The van der Waals surface area contributed by atoms with Crippen LogP contribution < -0.4 is 0 Å². The van der Waals surface area contributed by atoms with E-state index in [-0.39, 0.29) is 38.1 Å². The normalized spacial score (nSPS) is 13.2. The Bertz CT molecular complexity index is 936. The lowest BCUT2D eigenvalue weighted by atomic mass is 10.1. The lowest BCUT2D eigenvalue weighted by Gasteiger charge is -2.19. The number of esters is 3. The minimum Gasteiger partial charge on any atom is -0.456 e. The Morgan fingerprint density at radius 3 is 2.03 bits per heavy atom. The number of likely N-dealkylation sites (N-methyl/N-ethyl adjacent to an activating group) is 1. The highest BCUT2D eigenvalue weighted by Gasteiger charge is 2.34. The maximum Gasteiger partial charge on any atom is 0.309 e. The summed E-state index contributed by atoms with van der Waals surface area (Å²) in [4.78, 5) is 74.7. The van der Waals surface area contributed by atoms with Gasteiger partial charge in [0, 0.05) is 33.0 Å². The minimum atomic E-state index is -1.24. The number of fused-ring (bicyclic) bond motifs is 1. The van der Waals surface area contributed by atoms with Crippen LogP contribution in [0.15, 0.2) is 24.3 Å². The number of carbonyl (C=O) groups excluding carboxylic acids is 6. The van der Waals surface area contributed by atoms with Crippen LogP contribution in [0.3, 0.4) is 0 Å². The van der Waals surface area contributed by atoms with E-state index in [1.807, 2.05) is 0 Å². The standard InChI is InChI=1S/C24H30N2O9/c1-4-25(5-2)19(28)15-33-20(29)12-13-21(30)35-22(34-16(3)27)11-8-14-26-23(31)17-9-6-7-10-18(17)24(26)32/h6-7,9-10,22H,4-5,8,11-15H2,1-3H3. The van der Waals surface area contributed by atoms with E-state index in [1.54, 1.807) is 38.1 Å². The van der Waals surface area contributed by atoms with Gasteiger partial charge in [-0.2, -0.15) is 0 Å². The Morgan fingerprint density at radius 1 is 0.914 bits per heavy atom. The molecule has 0 N–H and O–H groups in total. The van der Waals surface area contributed by atoms with Gasteiger partial charge < -0.3 is 19.1 Å². The number of carbonyl (C=O) groups is 6. The average molecular weight is 491 g/mol. The molecule has 0 aromatic heterocycles. The fourth-order valence-corrected chi connectivity index (χ4v) is 3.48. The Balaban J connectivity index is 1.78. The first kappa shape index (κ1) is 27.5. The van der Waals surface area contributed by atoms with Crippen LogP contribution in [0.25, 0.3) is 0 Å². The molecule has 1 heterocycles. The largest absolute Gasteiger partial charge is 0.456 e. The van der Waals surface area contributed by atoms with E-state index in [2.05, 4.69) is 0 Å². The summed E-state index contributed by atoms with van der Waals surface area (Å²) >= 11 is 0. The number of imide groups is 1. The zero-order valence-electron chi connectivity index (χ0n) is 20.1. The second-order valence-electron chi connectivity index (χ2n) is 7.71. The maximum absolute atomic E-state index is 12.4. The summed E-state index contributed by atoms with van der Waals surface area (Å²) in [6.45, 7) is 5.37. The van der Waals surface area contributed by atoms with Crippen LogP contribution in [-0.4, -0.2) is 78.0 Å². The predicted octanol–water partition coefficient (Wildman–Crippen LogP) is 1.69. The van der Waals surface area contributed by atoms with Crippen molar-refractivity contribution in [1.29, 1.82) is 0 Å². The molecule has 35 heavy (non-hydrogen) atoms. The molecule has 0 bridgehead atoms. The van der Waals surface area contributed by atoms with E-state index >= 15 is 0 Å². The highest BCUT2D eigenvalue weighted by atomic mass is 16.7. The second kappa shape index (κ2) is 13.2. The van der Waals surface area contributed by atoms with Gasteiger partial charge in [-0.3, -0.25) is 33.7 Å². The fraction of sp³-hybridized carbons (Fsp3) is 0.500. The van der Waals surface area contributed by atoms with E-state index in [1.165, 1.54) is 4.90 Å². The summed E-state index contributed by atoms with van der Waals surface area (Å²) in [5.74, 6) is -3.38. The number of amides is 3. The molecule has 11 heteroatoms. The molecule has 0 radical (unpaired) electrons. The number of ether oxygens (including phenoxy) is 3. The van der Waals surface area contributed by atoms with Crippen LogP contribution in [0, 0.1) is 0 Å². The SMILES string of the molecule is CCN(CC)C(=O)COC(=O)CCC(=O)OC(CCCN1C(=O)c2ccccc2C1=O)OC(C)=O. The van der Waals surface area contributed by atoms with Crippen LogP contribution in [0.1, 0.15) is 67.2 Å². The van der Waals surface area contributed by atoms with Crippen molar-refractivity contribution in [2.75, 3.05) is 26.2 Å². The first-order valence-corrected chi connectivity index (χ1v) is 11.4. The summed E-state index contributed by atoms with van der Waals surface area (Å²) < 4.78 is 15.0.